The van der Waals surface area contributed by atoms with E-state index in [9.17, 15) is 9.59 Å². The van der Waals surface area contributed by atoms with Gasteiger partial charge in [0.25, 0.3) is 5.91 Å². The summed E-state index contributed by atoms with van der Waals surface area (Å²) in [5.74, 6) is -0.332. The molecule has 0 unspecified atom stereocenters. The van der Waals surface area contributed by atoms with Crippen LogP contribution in [0.3, 0.4) is 0 Å². The molecule has 2 aromatic rings. The number of rotatable bonds is 6. The fourth-order valence-electron chi connectivity index (χ4n) is 2.65. The van der Waals surface area contributed by atoms with Crippen molar-refractivity contribution < 1.29 is 14.7 Å². The second-order valence-corrected chi connectivity index (χ2v) is 7.02. The van der Waals surface area contributed by atoms with Crippen LogP contribution in [-0.2, 0) is 10.5 Å². The fourth-order valence-corrected chi connectivity index (χ4v) is 3.50. The van der Waals surface area contributed by atoms with E-state index in [0.29, 0.717) is 18.4 Å². The van der Waals surface area contributed by atoms with E-state index < -0.39 is 5.97 Å². The Morgan fingerprint density at radius 2 is 1.71 bits per heavy atom. The molecule has 0 saturated heterocycles. The van der Waals surface area contributed by atoms with Crippen LogP contribution in [0, 0.1) is 5.92 Å². The third kappa shape index (κ3) is 4.17. The highest BCUT2D eigenvalue weighted by Crippen LogP contribution is 2.28. The van der Waals surface area contributed by atoms with Gasteiger partial charge in [-0.1, -0.05) is 30.3 Å². The topological polar surface area (TPSA) is 66.4 Å². The van der Waals surface area contributed by atoms with Crippen molar-refractivity contribution in [1.82, 2.24) is 5.32 Å². The molecular formula is C19H19NO3S. The Balaban J connectivity index is 1.49. The number of carbonyl (C=O) groups excluding carboxylic acids is 1. The number of aliphatic carboxylic acids is 1. The molecule has 0 bridgehead atoms. The lowest BCUT2D eigenvalue weighted by Gasteiger charge is -2.32. The number of carboxylic acid groups (broad SMARTS) is 1. The minimum atomic E-state index is -0.778. The second-order valence-electron chi connectivity index (χ2n) is 5.98. The molecular weight excluding hydrogens is 322 g/mol. The van der Waals surface area contributed by atoms with Crippen molar-refractivity contribution in [2.24, 2.45) is 5.92 Å². The molecule has 2 N–H and O–H groups in total. The quantitative estimate of drug-likeness (QED) is 0.788. The standard InChI is InChI=1S/C19H19NO3S/c21-18(20-16-10-15(11-16)19(22)23)14-6-8-17(9-7-14)24-12-13-4-2-1-3-5-13/h1-9,15-16H,10-12H2,(H,20,21)(H,22,23). The van der Waals surface area contributed by atoms with E-state index in [1.807, 2.05) is 42.5 Å². The first kappa shape index (κ1) is 16.6. The van der Waals surface area contributed by atoms with Crippen LogP contribution in [0.5, 0.6) is 0 Å². The van der Waals surface area contributed by atoms with E-state index in [-0.39, 0.29) is 17.9 Å². The Hall–Kier alpha value is -2.27. The van der Waals surface area contributed by atoms with Crippen molar-refractivity contribution in [2.75, 3.05) is 0 Å². The summed E-state index contributed by atoms with van der Waals surface area (Å²) in [6.45, 7) is 0. The van der Waals surface area contributed by atoms with Crippen molar-refractivity contribution in [3.8, 4) is 0 Å². The molecule has 1 aliphatic rings. The van der Waals surface area contributed by atoms with E-state index in [4.69, 9.17) is 5.11 Å². The van der Waals surface area contributed by atoms with Gasteiger partial charge in [0.15, 0.2) is 0 Å². The van der Waals surface area contributed by atoms with Gasteiger partial charge in [-0.15, -0.1) is 11.8 Å². The number of carboxylic acids is 1. The van der Waals surface area contributed by atoms with Crippen molar-refractivity contribution in [3.63, 3.8) is 0 Å². The third-order valence-electron chi connectivity index (χ3n) is 4.19. The number of hydrogen-bond acceptors (Lipinski definition) is 3. The summed E-state index contributed by atoms with van der Waals surface area (Å²) in [6.07, 6.45) is 1.04. The lowest BCUT2D eigenvalue weighted by molar-refractivity contribution is -0.145. The summed E-state index contributed by atoms with van der Waals surface area (Å²) in [5, 5.41) is 11.7. The zero-order valence-electron chi connectivity index (χ0n) is 13.1. The molecule has 1 saturated carbocycles. The van der Waals surface area contributed by atoms with E-state index in [1.54, 1.807) is 11.8 Å². The highest BCUT2D eigenvalue weighted by Gasteiger charge is 2.35. The zero-order chi connectivity index (χ0) is 16.9. The van der Waals surface area contributed by atoms with Crippen molar-refractivity contribution in [2.45, 2.75) is 29.5 Å². The maximum absolute atomic E-state index is 12.1. The van der Waals surface area contributed by atoms with Gasteiger partial charge in [0.05, 0.1) is 5.92 Å². The fraction of sp³-hybridized carbons (Fsp3) is 0.263. The van der Waals surface area contributed by atoms with E-state index in [1.165, 1.54) is 5.56 Å². The molecule has 1 amide bonds. The summed E-state index contributed by atoms with van der Waals surface area (Å²) in [4.78, 5) is 24.0. The SMILES string of the molecule is O=C(NC1CC(C(=O)O)C1)c1ccc(SCc2ccccc2)cc1. The number of benzene rings is 2. The minimum Gasteiger partial charge on any atom is -0.481 e. The Bertz CT molecular complexity index is 709. The lowest BCUT2D eigenvalue weighted by Crippen LogP contribution is -2.46. The monoisotopic (exact) mass is 341 g/mol. The average molecular weight is 341 g/mol. The van der Waals surface area contributed by atoms with Crippen molar-refractivity contribution in [1.29, 1.82) is 0 Å². The average Bonchev–Trinajstić information content (AvgIpc) is 2.56. The van der Waals surface area contributed by atoms with Gasteiger partial charge in [0.1, 0.15) is 0 Å². The van der Waals surface area contributed by atoms with Gasteiger partial charge in [-0.2, -0.15) is 0 Å². The number of hydrogen-bond donors (Lipinski definition) is 2. The molecule has 2 aromatic carbocycles. The van der Waals surface area contributed by atoms with Crippen molar-refractivity contribution in [3.05, 3.63) is 65.7 Å². The van der Waals surface area contributed by atoms with E-state index in [0.717, 1.165) is 10.6 Å². The van der Waals surface area contributed by atoms with Gasteiger partial charge in [0.2, 0.25) is 0 Å². The van der Waals surface area contributed by atoms with Crippen molar-refractivity contribution >= 4 is 23.6 Å². The Morgan fingerprint density at radius 1 is 1.04 bits per heavy atom. The molecule has 1 aliphatic carbocycles. The van der Waals surface area contributed by atoms with Crippen LogP contribution < -0.4 is 5.32 Å². The molecule has 124 valence electrons. The Kier molecular flexibility index (Phi) is 5.20. The minimum absolute atomic E-state index is 0.0225. The van der Waals surface area contributed by atoms with Gasteiger partial charge < -0.3 is 10.4 Å². The van der Waals surface area contributed by atoms with Crippen LogP contribution >= 0.6 is 11.8 Å². The molecule has 1 fully saturated rings. The first-order valence-electron chi connectivity index (χ1n) is 7.92. The maximum atomic E-state index is 12.1. The highest BCUT2D eigenvalue weighted by molar-refractivity contribution is 7.98. The molecule has 3 rings (SSSR count). The summed E-state index contributed by atoms with van der Waals surface area (Å²) in [6, 6.07) is 17.7. The van der Waals surface area contributed by atoms with Gasteiger partial charge in [0, 0.05) is 22.3 Å². The Labute approximate surface area is 145 Å². The van der Waals surface area contributed by atoms with Crippen LogP contribution in [0.4, 0.5) is 0 Å². The molecule has 0 radical (unpaired) electrons. The molecule has 0 aromatic heterocycles. The van der Waals surface area contributed by atoms with Crippen LogP contribution in [0.25, 0.3) is 0 Å². The zero-order valence-corrected chi connectivity index (χ0v) is 14.0. The van der Waals surface area contributed by atoms with Crippen LogP contribution in [0.2, 0.25) is 0 Å². The predicted octanol–water partition coefficient (Wildman–Crippen LogP) is 3.57. The number of nitrogens with one attached hydrogen (secondary N) is 1. The molecule has 4 nitrogen and oxygen atoms in total. The number of carbonyl (C=O) groups is 2. The summed E-state index contributed by atoms with van der Waals surface area (Å²) < 4.78 is 0. The van der Waals surface area contributed by atoms with E-state index >= 15 is 0 Å². The molecule has 5 heteroatoms. The highest BCUT2D eigenvalue weighted by atomic mass is 32.2. The summed E-state index contributed by atoms with van der Waals surface area (Å²) in [7, 11) is 0. The van der Waals surface area contributed by atoms with Crippen LogP contribution in [0.1, 0.15) is 28.8 Å². The summed E-state index contributed by atoms with van der Waals surface area (Å²) in [5.41, 5.74) is 1.88. The number of amides is 1. The number of thioether (sulfide) groups is 1. The van der Waals surface area contributed by atoms with Gasteiger partial charge >= 0.3 is 5.97 Å². The maximum Gasteiger partial charge on any atom is 0.306 e. The smallest absolute Gasteiger partial charge is 0.306 e. The lowest BCUT2D eigenvalue weighted by atomic mass is 9.80. The van der Waals surface area contributed by atoms with E-state index in [2.05, 4.69) is 17.4 Å². The molecule has 0 spiro atoms. The normalized spacial score (nSPS) is 19.3. The Morgan fingerprint density at radius 3 is 2.33 bits per heavy atom. The molecule has 0 aliphatic heterocycles. The predicted molar refractivity (Wildman–Crippen MR) is 94.1 cm³/mol. The van der Waals surface area contributed by atoms with Gasteiger partial charge in [-0.05, 0) is 42.7 Å². The van der Waals surface area contributed by atoms with Crippen LogP contribution in [0.15, 0.2) is 59.5 Å². The van der Waals surface area contributed by atoms with Crippen LogP contribution in [-0.4, -0.2) is 23.0 Å². The largest absolute Gasteiger partial charge is 0.481 e. The molecule has 0 heterocycles. The summed E-state index contributed by atoms with van der Waals surface area (Å²) >= 11 is 1.73. The molecule has 24 heavy (non-hydrogen) atoms. The van der Waals surface area contributed by atoms with Gasteiger partial charge in [-0.3, -0.25) is 9.59 Å². The molecule has 0 atom stereocenters. The second kappa shape index (κ2) is 7.53. The third-order valence-corrected chi connectivity index (χ3v) is 5.27. The van der Waals surface area contributed by atoms with Gasteiger partial charge in [-0.25, -0.2) is 0 Å². The first-order valence-corrected chi connectivity index (χ1v) is 8.91. The first-order chi connectivity index (χ1) is 11.6.